The molecule has 1 saturated heterocycles. The summed E-state index contributed by atoms with van der Waals surface area (Å²) in [5, 5.41) is 27.3. The molecular weight excluding hydrogens is 523 g/mol. The maximum atomic E-state index is 14.7. The second-order valence-electron chi connectivity index (χ2n) is 8.81. The number of amides is 2. The average Bonchev–Trinajstić information content (AvgIpc) is 3.59. The van der Waals surface area contributed by atoms with Gasteiger partial charge in [0.25, 0.3) is 0 Å². The molecule has 1 aliphatic heterocycles. The number of urea groups is 1. The van der Waals surface area contributed by atoms with Crippen LogP contribution in [0.15, 0.2) is 54.2 Å². The molecule has 200 valence electrons. The van der Waals surface area contributed by atoms with Gasteiger partial charge in [0, 0.05) is 48.4 Å². The summed E-state index contributed by atoms with van der Waals surface area (Å²) in [5.41, 5.74) is 0.844. The maximum absolute atomic E-state index is 14.7. The van der Waals surface area contributed by atoms with Crippen LogP contribution < -0.4 is 20.1 Å². The molecule has 10 nitrogen and oxygen atoms in total. The van der Waals surface area contributed by atoms with E-state index in [0.717, 1.165) is 25.5 Å². The highest BCUT2D eigenvalue weighted by atomic mass is 32.1. The number of aromatic nitrogens is 2. The van der Waals surface area contributed by atoms with Crippen LogP contribution in [0.3, 0.4) is 0 Å². The van der Waals surface area contributed by atoms with Gasteiger partial charge in [-0.1, -0.05) is 0 Å². The normalized spacial score (nSPS) is 15.2. The molecule has 2 aromatic carbocycles. The fourth-order valence-electron chi connectivity index (χ4n) is 4.29. The van der Waals surface area contributed by atoms with Crippen molar-refractivity contribution in [3.8, 4) is 23.3 Å². The molecule has 4 aromatic rings. The topological polar surface area (TPSA) is 133 Å². The third-order valence-corrected chi connectivity index (χ3v) is 6.86. The number of benzene rings is 2. The van der Waals surface area contributed by atoms with Gasteiger partial charge in [0.15, 0.2) is 5.13 Å². The molecule has 0 aliphatic carbocycles. The Hall–Kier alpha value is -4.31. The molecule has 0 unspecified atom stereocenters. The lowest BCUT2D eigenvalue weighted by atomic mass is 10.1. The number of aliphatic hydroxyl groups excluding tert-OH is 1. The van der Waals surface area contributed by atoms with Gasteiger partial charge in [-0.25, -0.2) is 14.2 Å². The van der Waals surface area contributed by atoms with Crippen molar-refractivity contribution in [2.45, 2.75) is 25.5 Å². The van der Waals surface area contributed by atoms with E-state index < -0.39 is 18.1 Å². The summed E-state index contributed by atoms with van der Waals surface area (Å²) in [5.74, 6) is 0.311. The fourth-order valence-corrected chi connectivity index (χ4v) is 4.81. The van der Waals surface area contributed by atoms with Crippen molar-refractivity contribution in [3.63, 3.8) is 0 Å². The average molecular weight is 549 g/mol. The molecule has 0 spiro atoms. The van der Waals surface area contributed by atoms with Crippen molar-refractivity contribution >= 4 is 39.1 Å². The zero-order chi connectivity index (χ0) is 27.2. The third kappa shape index (κ3) is 6.40. The van der Waals surface area contributed by atoms with Crippen molar-refractivity contribution in [3.05, 3.63) is 65.6 Å². The van der Waals surface area contributed by atoms with Crippen LogP contribution in [0.2, 0.25) is 0 Å². The van der Waals surface area contributed by atoms with Gasteiger partial charge >= 0.3 is 6.03 Å². The molecular formula is C27H25FN6O4S. The lowest BCUT2D eigenvalue weighted by molar-refractivity contribution is 0.0353. The molecule has 3 heterocycles. The molecule has 0 bridgehead atoms. The molecule has 1 atom stereocenters. The Morgan fingerprint density at radius 1 is 1.21 bits per heavy atom. The first kappa shape index (κ1) is 26.3. The molecule has 0 radical (unpaired) electrons. The number of rotatable bonds is 9. The Morgan fingerprint density at radius 3 is 2.85 bits per heavy atom. The maximum Gasteiger partial charge on any atom is 0.325 e. The van der Waals surface area contributed by atoms with Gasteiger partial charge in [0.2, 0.25) is 0 Å². The van der Waals surface area contributed by atoms with E-state index in [1.807, 2.05) is 4.90 Å². The number of pyridine rings is 1. The van der Waals surface area contributed by atoms with Crippen molar-refractivity contribution in [1.29, 1.82) is 5.26 Å². The standard InChI is InChI=1S/C27H25FN6O4S/c28-20-14-18(4-5-21(20)32-26(36)33-27-31-8-12-39-27)38-23-6-7-30-22-15-24(17(16-29)13-19(22)23)37-11-2-10-34-9-1-3-25(34)35/h4-8,12-15,25,35H,1-3,9-11H2,(H2,31,32,33,36)/t25-/m1/s1. The van der Waals surface area contributed by atoms with Crippen LogP contribution in [0.25, 0.3) is 10.9 Å². The molecule has 5 rings (SSSR count). The molecule has 1 fully saturated rings. The van der Waals surface area contributed by atoms with E-state index in [-0.39, 0.29) is 11.4 Å². The molecule has 3 N–H and O–H groups in total. The van der Waals surface area contributed by atoms with Gasteiger partial charge in [-0.15, -0.1) is 11.3 Å². The number of fused-ring (bicyclic) bond motifs is 1. The van der Waals surface area contributed by atoms with Gasteiger partial charge in [0.05, 0.1) is 23.4 Å². The number of hydrogen-bond donors (Lipinski definition) is 3. The number of carbonyl (C=O) groups is 1. The number of nitrogens with zero attached hydrogens (tertiary/aromatic N) is 4. The van der Waals surface area contributed by atoms with Gasteiger partial charge in [-0.2, -0.15) is 5.26 Å². The number of anilines is 2. The monoisotopic (exact) mass is 548 g/mol. The first-order chi connectivity index (χ1) is 19.0. The number of thiazole rings is 1. The number of nitrogens with one attached hydrogen (secondary N) is 2. The SMILES string of the molecule is N#Cc1cc2c(Oc3ccc(NC(=O)Nc4nccs4)c(F)c3)ccnc2cc1OCCCN1CCC[C@H]1O. The van der Waals surface area contributed by atoms with Crippen molar-refractivity contribution in [2.75, 3.05) is 30.3 Å². The minimum Gasteiger partial charge on any atom is -0.492 e. The van der Waals surface area contributed by atoms with E-state index in [1.54, 1.807) is 36.0 Å². The van der Waals surface area contributed by atoms with Crippen LogP contribution in [-0.2, 0) is 0 Å². The molecule has 39 heavy (non-hydrogen) atoms. The van der Waals surface area contributed by atoms with E-state index in [0.29, 0.717) is 52.7 Å². The molecule has 12 heteroatoms. The van der Waals surface area contributed by atoms with Crippen LogP contribution in [0.4, 0.5) is 20.0 Å². The predicted molar refractivity (Wildman–Crippen MR) is 145 cm³/mol. The summed E-state index contributed by atoms with van der Waals surface area (Å²) in [6, 6.07) is 10.5. The minimum absolute atomic E-state index is 0.0243. The summed E-state index contributed by atoms with van der Waals surface area (Å²) in [6.45, 7) is 1.98. The molecule has 2 aromatic heterocycles. The lowest BCUT2D eigenvalue weighted by Crippen LogP contribution is -2.30. The van der Waals surface area contributed by atoms with E-state index in [1.165, 1.54) is 23.5 Å². The van der Waals surface area contributed by atoms with Crippen molar-refractivity contribution in [2.24, 2.45) is 0 Å². The smallest absolute Gasteiger partial charge is 0.325 e. The van der Waals surface area contributed by atoms with Crippen LogP contribution in [-0.4, -0.2) is 51.9 Å². The van der Waals surface area contributed by atoms with E-state index in [2.05, 4.69) is 26.7 Å². The van der Waals surface area contributed by atoms with Crippen LogP contribution in [0, 0.1) is 17.1 Å². The summed E-state index contributed by atoms with van der Waals surface area (Å²) in [7, 11) is 0. The summed E-state index contributed by atoms with van der Waals surface area (Å²) in [6.07, 6.45) is 5.19. The number of likely N-dealkylation sites (tertiary alicyclic amines) is 1. The largest absolute Gasteiger partial charge is 0.492 e. The van der Waals surface area contributed by atoms with Gasteiger partial charge in [0.1, 0.15) is 35.4 Å². The zero-order valence-electron chi connectivity index (χ0n) is 20.8. The Bertz CT molecular complexity index is 1510. The highest BCUT2D eigenvalue weighted by molar-refractivity contribution is 7.13. The van der Waals surface area contributed by atoms with E-state index >= 15 is 0 Å². The first-order valence-electron chi connectivity index (χ1n) is 12.3. The number of ether oxygens (including phenoxy) is 2. The Morgan fingerprint density at radius 2 is 2.10 bits per heavy atom. The Balaban J connectivity index is 1.26. The Kier molecular flexibility index (Phi) is 8.12. The van der Waals surface area contributed by atoms with Gasteiger partial charge in [-0.05, 0) is 43.5 Å². The number of halogens is 1. The number of carbonyl (C=O) groups excluding carboxylic acids is 1. The number of nitriles is 1. The molecule has 2 amide bonds. The van der Waals surface area contributed by atoms with Crippen LogP contribution in [0.5, 0.6) is 17.2 Å². The fraction of sp³-hybridized carbons (Fsp3) is 0.259. The third-order valence-electron chi connectivity index (χ3n) is 6.17. The summed E-state index contributed by atoms with van der Waals surface area (Å²) < 4.78 is 26.5. The first-order valence-corrected chi connectivity index (χ1v) is 13.2. The molecule has 0 saturated carbocycles. The predicted octanol–water partition coefficient (Wildman–Crippen LogP) is 5.32. The van der Waals surface area contributed by atoms with Crippen molar-refractivity contribution < 1.29 is 23.8 Å². The highest BCUT2D eigenvalue weighted by Gasteiger charge is 2.21. The molecule has 1 aliphatic rings. The summed E-state index contributed by atoms with van der Waals surface area (Å²) >= 11 is 1.24. The summed E-state index contributed by atoms with van der Waals surface area (Å²) in [4.78, 5) is 22.4. The quantitative estimate of drug-likeness (QED) is 0.239. The van der Waals surface area contributed by atoms with Crippen LogP contribution in [0.1, 0.15) is 24.8 Å². The Labute approximate surface area is 227 Å². The van der Waals surface area contributed by atoms with Gasteiger partial charge in [-0.3, -0.25) is 15.2 Å². The van der Waals surface area contributed by atoms with E-state index in [4.69, 9.17) is 9.47 Å². The number of aliphatic hydroxyl groups is 1. The van der Waals surface area contributed by atoms with Crippen molar-refractivity contribution in [1.82, 2.24) is 14.9 Å². The minimum atomic E-state index is -0.685. The van der Waals surface area contributed by atoms with Gasteiger partial charge < -0.3 is 19.9 Å². The zero-order valence-corrected chi connectivity index (χ0v) is 21.6. The highest BCUT2D eigenvalue weighted by Crippen LogP contribution is 2.34. The van der Waals surface area contributed by atoms with E-state index in [9.17, 15) is 19.6 Å². The number of hydrogen-bond acceptors (Lipinski definition) is 9. The van der Waals surface area contributed by atoms with Crippen LogP contribution >= 0.6 is 11.3 Å². The second-order valence-corrected chi connectivity index (χ2v) is 9.70. The second kappa shape index (κ2) is 12.0. The lowest BCUT2D eigenvalue weighted by Gasteiger charge is -2.19.